The maximum Gasteiger partial charge on any atom is 0.225 e. The number of hydrogen-bond acceptors (Lipinski definition) is 7. The molecule has 2 aromatic heterocycles. The zero-order chi connectivity index (χ0) is 27.0. The standard InChI is InChI=1S/C30H36N6O3/c1-31-28-25-12-16-36(29(25)35-20-34-28)22-18-26(27(37)19-22)30(38)33-14-6-13-32-15-11-21-7-5-10-24(17-21)39-23-8-3-2-4-9-23/h2-5,7-10,12,16-17,20,22,26-27,32,37H,6,11,13-15,18-19H2,1H3,(H,33,38)(H,31,34,35)/t22-,26+,27+/m1/s1. The number of ether oxygens (including phenoxy) is 1. The average Bonchev–Trinajstić information content (AvgIpc) is 3.56. The number of rotatable bonds is 12. The molecule has 4 N–H and O–H groups in total. The number of anilines is 1. The van der Waals surface area contributed by atoms with Gasteiger partial charge in [0.25, 0.3) is 0 Å². The predicted molar refractivity (Wildman–Crippen MR) is 152 cm³/mol. The summed E-state index contributed by atoms with van der Waals surface area (Å²) in [7, 11) is 1.83. The summed E-state index contributed by atoms with van der Waals surface area (Å²) in [6.07, 6.45) is 5.66. The molecular formula is C30H36N6O3. The van der Waals surface area contributed by atoms with Gasteiger partial charge in [0.05, 0.1) is 17.4 Å². The number of benzene rings is 2. The van der Waals surface area contributed by atoms with Crippen LogP contribution in [0.5, 0.6) is 11.5 Å². The minimum atomic E-state index is -0.669. The van der Waals surface area contributed by atoms with E-state index in [1.165, 1.54) is 11.9 Å². The minimum absolute atomic E-state index is 0.0196. The smallest absolute Gasteiger partial charge is 0.225 e. The van der Waals surface area contributed by atoms with Gasteiger partial charge >= 0.3 is 0 Å². The molecule has 1 fully saturated rings. The third-order valence-electron chi connectivity index (χ3n) is 7.28. The molecule has 1 aliphatic carbocycles. The van der Waals surface area contributed by atoms with Crippen molar-refractivity contribution < 1.29 is 14.6 Å². The molecule has 204 valence electrons. The van der Waals surface area contributed by atoms with Crippen molar-refractivity contribution in [1.82, 2.24) is 25.2 Å². The Hall–Kier alpha value is -3.95. The summed E-state index contributed by atoms with van der Waals surface area (Å²) in [5.74, 6) is 1.93. The predicted octanol–water partition coefficient (Wildman–Crippen LogP) is 3.92. The lowest BCUT2D eigenvalue weighted by atomic mass is 10.1. The number of nitrogens with one attached hydrogen (secondary N) is 3. The van der Waals surface area contributed by atoms with Crippen LogP contribution in [0.2, 0.25) is 0 Å². The van der Waals surface area contributed by atoms with Gasteiger partial charge in [-0.05, 0) is 74.7 Å². The Labute approximate surface area is 228 Å². The first-order chi connectivity index (χ1) is 19.1. The van der Waals surface area contributed by atoms with Crippen LogP contribution in [0.3, 0.4) is 0 Å². The van der Waals surface area contributed by atoms with Crippen LogP contribution in [0.25, 0.3) is 11.0 Å². The highest BCUT2D eigenvalue weighted by Crippen LogP contribution is 2.37. The van der Waals surface area contributed by atoms with Crippen LogP contribution in [0.1, 0.15) is 30.9 Å². The number of nitrogens with zero attached hydrogens (tertiary/aromatic N) is 3. The van der Waals surface area contributed by atoms with Crippen molar-refractivity contribution >= 4 is 22.8 Å². The summed E-state index contributed by atoms with van der Waals surface area (Å²) < 4.78 is 7.98. The van der Waals surface area contributed by atoms with E-state index in [2.05, 4.69) is 42.6 Å². The first-order valence-corrected chi connectivity index (χ1v) is 13.6. The van der Waals surface area contributed by atoms with E-state index >= 15 is 0 Å². The highest BCUT2D eigenvalue weighted by atomic mass is 16.5. The minimum Gasteiger partial charge on any atom is -0.457 e. The third-order valence-corrected chi connectivity index (χ3v) is 7.28. The van der Waals surface area contributed by atoms with Gasteiger partial charge in [0.15, 0.2) is 0 Å². The fraction of sp³-hybridized carbons (Fsp3) is 0.367. The molecule has 0 radical (unpaired) electrons. The number of carbonyl (C=O) groups is 1. The van der Waals surface area contributed by atoms with Crippen LogP contribution in [0.15, 0.2) is 73.2 Å². The number of carbonyl (C=O) groups excluding carboxylic acids is 1. The molecular weight excluding hydrogens is 492 g/mol. The van der Waals surface area contributed by atoms with Crippen LogP contribution in [0, 0.1) is 5.92 Å². The van der Waals surface area contributed by atoms with Crippen molar-refractivity contribution in [3.8, 4) is 11.5 Å². The lowest BCUT2D eigenvalue weighted by Crippen LogP contribution is -2.36. The van der Waals surface area contributed by atoms with E-state index < -0.39 is 12.0 Å². The van der Waals surface area contributed by atoms with Crippen LogP contribution in [0.4, 0.5) is 5.82 Å². The second-order valence-electron chi connectivity index (χ2n) is 9.94. The zero-order valence-electron chi connectivity index (χ0n) is 22.2. The number of amides is 1. The van der Waals surface area contributed by atoms with Gasteiger partial charge in [-0.3, -0.25) is 4.79 Å². The SMILES string of the molecule is CNc1ncnc2c1ccn2[C@@H]1C[C@H](C(=O)NCCCNCCc2cccc(Oc3ccccc3)c2)[C@@H](O)C1. The molecule has 0 spiro atoms. The fourth-order valence-corrected chi connectivity index (χ4v) is 5.27. The highest BCUT2D eigenvalue weighted by Gasteiger charge is 2.38. The summed E-state index contributed by atoms with van der Waals surface area (Å²) in [6, 6.07) is 19.9. The molecule has 5 rings (SSSR count). The van der Waals surface area contributed by atoms with Gasteiger partial charge in [0.1, 0.15) is 29.3 Å². The van der Waals surface area contributed by atoms with E-state index in [-0.39, 0.29) is 11.9 Å². The van der Waals surface area contributed by atoms with Crippen molar-refractivity contribution in [3.05, 3.63) is 78.8 Å². The Kier molecular flexibility index (Phi) is 8.70. The fourth-order valence-electron chi connectivity index (χ4n) is 5.27. The van der Waals surface area contributed by atoms with Gasteiger partial charge < -0.3 is 30.4 Å². The van der Waals surface area contributed by atoms with E-state index in [4.69, 9.17) is 4.74 Å². The number of hydrogen-bond donors (Lipinski definition) is 4. The number of fused-ring (bicyclic) bond motifs is 1. The van der Waals surface area contributed by atoms with Gasteiger partial charge in [0.2, 0.25) is 5.91 Å². The molecule has 2 heterocycles. The Balaban J connectivity index is 1.01. The van der Waals surface area contributed by atoms with Gasteiger partial charge in [-0.1, -0.05) is 30.3 Å². The Morgan fingerprint density at radius 1 is 1.03 bits per heavy atom. The molecule has 9 heteroatoms. The summed E-state index contributed by atoms with van der Waals surface area (Å²) in [6.45, 7) is 2.22. The largest absolute Gasteiger partial charge is 0.457 e. The molecule has 2 aromatic carbocycles. The normalized spacial score (nSPS) is 18.8. The Morgan fingerprint density at radius 2 is 1.87 bits per heavy atom. The summed E-state index contributed by atoms with van der Waals surface area (Å²) in [5, 5.41) is 21.1. The molecule has 1 amide bonds. The van der Waals surface area contributed by atoms with Gasteiger partial charge in [-0.15, -0.1) is 0 Å². The summed E-state index contributed by atoms with van der Waals surface area (Å²) >= 11 is 0. The molecule has 4 aromatic rings. The third kappa shape index (κ3) is 6.55. The van der Waals surface area contributed by atoms with Crippen molar-refractivity contribution in [3.63, 3.8) is 0 Å². The van der Waals surface area contributed by atoms with Gasteiger partial charge in [-0.2, -0.15) is 0 Å². The second-order valence-corrected chi connectivity index (χ2v) is 9.94. The lowest BCUT2D eigenvalue weighted by molar-refractivity contribution is -0.127. The molecule has 1 aliphatic rings. The highest BCUT2D eigenvalue weighted by molar-refractivity contribution is 5.87. The van der Waals surface area contributed by atoms with E-state index in [1.54, 1.807) is 0 Å². The van der Waals surface area contributed by atoms with E-state index in [0.717, 1.165) is 54.3 Å². The van der Waals surface area contributed by atoms with Crippen LogP contribution in [-0.2, 0) is 11.2 Å². The molecule has 3 atom stereocenters. The van der Waals surface area contributed by atoms with Gasteiger partial charge in [-0.25, -0.2) is 9.97 Å². The van der Waals surface area contributed by atoms with Crippen molar-refractivity contribution in [2.75, 3.05) is 32.0 Å². The molecule has 9 nitrogen and oxygen atoms in total. The molecule has 0 saturated heterocycles. The molecule has 1 saturated carbocycles. The number of aliphatic hydroxyl groups excluding tert-OH is 1. The molecule has 0 aliphatic heterocycles. The Bertz CT molecular complexity index is 1380. The van der Waals surface area contributed by atoms with E-state index in [9.17, 15) is 9.90 Å². The van der Waals surface area contributed by atoms with Crippen LogP contribution >= 0.6 is 0 Å². The Morgan fingerprint density at radius 3 is 2.72 bits per heavy atom. The quantitative estimate of drug-likeness (QED) is 0.206. The zero-order valence-corrected chi connectivity index (χ0v) is 22.2. The second kappa shape index (κ2) is 12.7. The number of aliphatic hydroxyl groups is 1. The van der Waals surface area contributed by atoms with E-state index in [1.807, 2.05) is 61.8 Å². The number of para-hydroxylation sites is 1. The molecule has 39 heavy (non-hydrogen) atoms. The van der Waals surface area contributed by atoms with Gasteiger partial charge in [0, 0.05) is 25.8 Å². The van der Waals surface area contributed by atoms with Crippen molar-refractivity contribution in [2.45, 2.75) is 37.8 Å². The van der Waals surface area contributed by atoms with Crippen LogP contribution in [-0.4, -0.2) is 58.3 Å². The summed E-state index contributed by atoms with van der Waals surface area (Å²) in [4.78, 5) is 21.5. The van der Waals surface area contributed by atoms with Crippen LogP contribution < -0.4 is 20.7 Å². The average molecular weight is 529 g/mol. The van der Waals surface area contributed by atoms with E-state index in [0.29, 0.717) is 19.4 Å². The monoisotopic (exact) mass is 528 g/mol. The lowest BCUT2D eigenvalue weighted by Gasteiger charge is -2.15. The van der Waals surface area contributed by atoms with Crippen molar-refractivity contribution in [1.29, 1.82) is 0 Å². The topological polar surface area (TPSA) is 113 Å². The maximum atomic E-state index is 12.8. The molecule has 0 unspecified atom stereocenters. The summed E-state index contributed by atoms with van der Waals surface area (Å²) in [5.41, 5.74) is 2.02. The first-order valence-electron chi connectivity index (χ1n) is 13.6. The van der Waals surface area contributed by atoms with Crippen molar-refractivity contribution in [2.24, 2.45) is 5.92 Å². The number of aromatic nitrogens is 3. The first kappa shape index (κ1) is 26.6. The molecule has 0 bridgehead atoms. The maximum absolute atomic E-state index is 12.8.